The second-order valence-corrected chi connectivity index (χ2v) is 12.4. The Morgan fingerprint density at radius 3 is 2.09 bits per heavy atom. The zero-order chi connectivity index (χ0) is 32.7. The first-order valence-corrected chi connectivity index (χ1v) is 16.8. The van der Waals surface area contributed by atoms with E-state index in [1.807, 2.05) is 6.07 Å². The molecule has 3 rings (SSSR count). The zero-order valence-electron chi connectivity index (χ0n) is 28.0. The van der Waals surface area contributed by atoms with Crippen LogP contribution in [0.5, 0.6) is 5.75 Å². The van der Waals surface area contributed by atoms with Crippen LogP contribution >= 0.6 is 0 Å². The Morgan fingerprint density at radius 2 is 1.44 bits per heavy atom. The fraction of sp³-hybridized carbons (Fsp3) is 0.475. The topological polar surface area (TPSA) is 76.0 Å². The maximum absolute atomic E-state index is 11.9. The fourth-order valence-electron chi connectivity index (χ4n) is 5.82. The molecule has 0 aromatic heterocycles. The molecule has 0 heterocycles. The summed E-state index contributed by atoms with van der Waals surface area (Å²) in [5.74, 6) is 0.402. The molecule has 0 aliphatic heterocycles. The zero-order valence-corrected chi connectivity index (χ0v) is 28.0. The third-order valence-electron chi connectivity index (χ3n) is 8.73. The van der Waals surface area contributed by atoms with Crippen LogP contribution in [0.3, 0.4) is 0 Å². The third kappa shape index (κ3) is 10.6. The predicted octanol–water partition coefficient (Wildman–Crippen LogP) is 8.91. The molecule has 0 aliphatic carbocycles. The summed E-state index contributed by atoms with van der Waals surface area (Å²) < 4.78 is 11.6. The minimum atomic E-state index is -0.543. The number of benzene rings is 3. The normalized spacial score (nSPS) is 11.4. The molecule has 244 valence electrons. The summed E-state index contributed by atoms with van der Waals surface area (Å²) >= 11 is 0. The molecular weight excluding hydrogens is 560 g/mol. The van der Waals surface area contributed by atoms with E-state index >= 15 is 0 Å². The first kappa shape index (κ1) is 36.1. The quantitative estimate of drug-likeness (QED) is 0.0755. The summed E-state index contributed by atoms with van der Waals surface area (Å²) in [7, 11) is 0. The summed E-state index contributed by atoms with van der Waals surface area (Å²) in [6.45, 7) is 12.4. The average molecular weight is 615 g/mol. The standard InChI is InChI=1S/C40H54O5/c1-6-9-10-12-31-14-16-33(17-15-31)34-18-20-37(32(8-3)26-34)35-19-21-38(44-25-23-40(28-41,29-42)22-7-2)36(27-35)13-11-24-45-39(43)30(4)5/h14-21,26-27,41-42H,4,6-13,22-25,28-29H2,1-3,5H3. The fourth-order valence-corrected chi connectivity index (χ4v) is 5.82. The highest BCUT2D eigenvalue weighted by molar-refractivity contribution is 5.86. The van der Waals surface area contributed by atoms with Crippen LogP contribution in [0.15, 0.2) is 72.8 Å². The monoisotopic (exact) mass is 614 g/mol. The second-order valence-electron chi connectivity index (χ2n) is 12.4. The molecule has 0 radical (unpaired) electrons. The van der Waals surface area contributed by atoms with E-state index < -0.39 is 5.41 Å². The van der Waals surface area contributed by atoms with Crippen LogP contribution in [0.2, 0.25) is 0 Å². The number of rotatable bonds is 20. The summed E-state index contributed by atoms with van der Waals surface area (Å²) in [6, 6.07) is 22.1. The van der Waals surface area contributed by atoms with Crippen molar-refractivity contribution in [1.29, 1.82) is 0 Å². The minimum Gasteiger partial charge on any atom is -0.493 e. The first-order chi connectivity index (χ1) is 21.8. The lowest BCUT2D eigenvalue weighted by Crippen LogP contribution is -2.31. The molecule has 3 aromatic carbocycles. The number of carbonyl (C=O) groups is 1. The van der Waals surface area contributed by atoms with Crippen LogP contribution in [-0.4, -0.2) is 42.6 Å². The molecule has 0 bridgehead atoms. The average Bonchev–Trinajstić information content (AvgIpc) is 3.06. The van der Waals surface area contributed by atoms with Crippen molar-refractivity contribution in [1.82, 2.24) is 0 Å². The van der Waals surface area contributed by atoms with Gasteiger partial charge in [-0.05, 0) is 103 Å². The van der Waals surface area contributed by atoms with E-state index in [0.717, 1.165) is 42.6 Å². The van der Waals surface area contributed by atoms with Crippen LogP contribution in [-0.2, 0) is 28.8 Å². The Bertz CT molecular complexity index is 1350. The molecule has 0 atom stereocenters. The molecule has 0 amide bonds. The molecule has 0 spiro atoms. The van der Waals surface area contributed by atoms with Gasteiger partial charge in [-0.3, -0.25) is 0 Å². The summed E-state index contributed by atoms with van der Waals surface area (Å²) in [5.41, 5.74) is 8.34. The van der Waals surface area contributed by atoms with Crippen LogP contribution in [0.1, 0.15) is 89.3 Å². The number of esters is 1. The molecule has 0 unspecified atom stereocenters. The van der Waals surface area contributed by atoms with Crippen molar-refractivity contribution in [2.45, 2.75) is 91.9 Å². The lowest BCUT2D eigenvalue weighted by atomic mass is 9.82. The lowest BCUT2D eigenvalue weighted by molar-refractivity contribution is -0.139. The molecule has 3 aromatic rings. The van der Waals surface area contributed by atoms with Gasteiger partial charge in [0.2, 0.25) is 0 Å². The summed E-state index contributed by atoms with van der Waals surface area (Å²) in [4.78, 5) is 11.9. The van der Waals surface area contributed by atoms with Gasteiger partial charge in [-0.25, -0.2) is 4.79 Å². The molecule has 2 N–H and O–H groups in total. The lowest BCUT2D eigenvalue weighted by Gasteiger charge is -2.29. The smallest absolute Gasteiger partial charge is 0.333 e. The number of ether oxygens (including phenoxy) is 2. The molecule has 5 heteroatoms. The number of unbranched alkanes of at least 4 members (excludes halogenated alkanes) is 2. The Labute approximate surface area is 271 Å². The third-order valence-corrected chi connectivity index (χ3v) is 8.73. The van der Waals surface area contributed by atoms with Gasteiger partial charge in [0.1, 0.15) is 5.75 Å². The van der Waals surface area contributed by atoms with E-state index in [4.69, 9.17) is 9.47 Å². The van der Waals surface area contributed by atoms with Crippen molar-refractivity contribution >= 4 is 5.97 Å². The number of aryl methyl sites for hydroxylation is 3. The number of hydrogen-bond acceptors (Lipinski definition) is 5. The SMILES string of the molecule is C=C(C)C(=O)OCCCc1cc(-c2ccc(-c3ccc(CCCCC)cc3)cc2CC)ccc1OCCC(CO)(CO)CCC. The van der Waals surface area contributed by atoms with Crippen molar-refractivity contribution in [3.05, 3.63) is 89.5 Å². The van der Waals surface area contributed by atoms with Gasteiger partial charge < -0.3 is 19.7 Å². The van der Waals surface area contributed by atoms with Gasteiger partial charge in [-0.15, -0.1) is 0 Å². The Kier molecular flexibility index (Phi) is 14.9. The van der Waals surface area contributed by atoms with E-state index in [1.54, 1.807) is 6.92 Å². The van der Waals surface area contributed by atoms with Crippen LogP contribution in [0.25, 0.3) is 22.3 Å². The Balaban J connectivity index is 1.84. The van der Waals surface area contributed by atoms with Gasteiger partial charge >= 0.3 is 5.97 Å². The molecule has 0 saturated heterocycles. The minimum absolute atomic E-state index is 0.0700. The Hall–Kier alpha value is -3.41. The largest absolute Gasteiger partial charge is 0.493 e. The molecule has 0 saturated carbocycles. The molecular formula is C40H54O5. The summed E-state index contributed by atoms with van der Waals surface area (Å²) in [6.07, 6.45) is 9.30. The van der Waals surface area contributed by atoms with Crippen molar-refractivity contribution in [2.24, 2.45) is 5.41 Å². The number of aliphatic hydroxyl groups is 2. The van der Waals surface area contributed by atoms with Gasteiger partial charge in [-0.1, -0.05) is 95.1 Å². The highest BCUT2D eigenvalue weighted by Gasteiger charge is 2.28. The van der Waals surface area contributed by atoms with Crippen molar-refractivity contribution in [2.75, 3.05) is 26.4 Å². The number of aliphatic hydroxyl groups excluding tert-OH is 2. The van der Waals surface area contributed by atoms with Crippen LogP contribution < -0.4 is 4.74 Å². The summed E-state index contributed by atoms with van der Waals surface area (Å²) in [5, 5.41) is 20.0. The van der Waals surface area contributed by atoms with E-state index in [9.17, 15) is 15.0 Å². The van der Waals surface area contributed by atoms with Crippen molar-refractivity contribution in [3.63, 3.8) is 0 Å². The Morgan fingerprint density at radius 1 is 0.756 bits per heavy atom. The van der Waals surface area contributed by atoms with E-state index in [2.05, 4.69) is 81.9 Å². The predicted molar refractivity (Wildman–Crippen MR) is 186 cm³/mol. The number of hydrogen-bond donors (Lipinski definition) is 2. The molecule has 5 nitrogen and oxygen atoms in total. The van der Waals surface area contributed by atoms with E-state index in [1.165, 1.54) is 47.1 Å². The molecule has 0 aliphatic rings. The van der Waals surface area contributed by atoms with Crippen molar-refractivity contribution < 1.29 is 24.5 Å². The number of carbonyl (C=O) groups excluding carboxylic acids is 1. The van der Waals surface area contributed by atoms with Gasteiger partial charge in [0.05, 0.1) is 26.4 Å². The van der Waals surface area contributed by atoms with Gasteiger partial charge in [-0.2, -0.15) is 0 Å². The molecule has 0 fully saturated rings. The van der Waals surface area contributed by atoms with Crippen LogP contribution in [0.4, 0.5) is 0 Å². The van der Waals surface area contributed by atoms with Crippen molar-refractivity contribution in [3.8, 4) is 28.0 Å². The maximum Gasteiger partial charge on any atom is 0.333 e. The second kappa shape index (κ2) is 18.5. The highest BCUT2D eigenvalue weighted by Crippen LogP contribution is 2.34. The van der Waals surface area contributed by atoms with Gasteiger partial charge in [0, 0.05) is 11.0 Å². The van der Waals surface area contributed by atoms with Gasteiger partial charge in [0.25, 0.3) is 0 Å². The van der Waals surface area contributed by atoms with Crippen LogP contribution in [0, 0.1) is 5.41 Å². The van der Waals surface area contributed by atoms with E-state index in [0.29, 0.717) is 38.0 Å². The van der Waals surface area contributed by atoms with Gasteiger partial charge in [0.15, 0.2) is 0 Å². The first-order valence-electron chi connectivity index (χ1n) is 16.8. The highest BCUT2D eigenvalue weighted by atomic mass is 16.5. The van der Waals surface area contributed by atoms with E-state index in [-0.39, 0.29) is 19.2 Å². The molecule has 45 heavy (non-hydrogen) atoms. The maximum atomic E-state index is 11.9.